The van der Waals surface area contributed by atoms with E-state index in [1.165, 1.54) is 25.5 Å². The molecule has 0 unspecified atom stereocenters. The number of ether oxygens (including phenoxy) is 2. The second kappa shape index (κ2) is 11.0. The molecule has 0 radical (unpaired) electrons. The van der Waals surface area contributed by atoms with E-state index in [4.69, 9.17) is 9.47 Å². The summed E-state index contributed by atoms with van der Waals surface area (Å²) < 4.78 is 48.0. The fourth-order valence-electron chi connectivity index (χ4n) is 2.66. The number of hydrogen-bond acceptors (Lipinski definition) is 6. The maximum absolute atomic E-state index is 12.6. The van der Waals surface area contributed by atoms with Gasteiger partial charge in [0.1, 0.15) is 11.5 Å². The fraction of sp³-hybridized carbons (Fsp3) is 0.0833. The number of carbonyl (C=O) groups excluding carboxylic acids is 3. The molecule has 0 atom stereocenters. The number of hydrazone groups is 1. The summed E-state index contributed by atoms with van der Waals surface area (Å²) >= 11 is 0. The van der Waals surface area contributed by atoms with Crippen molar-refractivity contribution in [1.82, 2.24) is 5.43 Å². The highest BCUT2D eigenvalue weighted by atomic mass is 19.4. The average molecular weight is 485 g/mol. The Morgan fingerprint density at radius 1 is 0.829 bits per heavy atom. The van der Waals surface area contributed by atoms with Crippen molar-refractivity contribution in [2.24, 2.45) is 5.10 Å². The van der Waals surface area contributed by atoms with E-state index < -0.39 is 29.5 Å². The molecular formula is C24H18F3N3O5. The highest BCUT2D eigenvalue weighted by Crippen LogP contribution is 2.29. The van der Waals surface area contributed by atoms with Gasteiger partial charge < -0.3 is 14.8 Å². The largest absolute Gasteiger partial charge is 0.497 e. The SMILES string of the molecule is COc1ccc(C(=O)Oc2ccc(/C=N/NC(=O)C(=O)Nc3ccc(C(F)(F)F)cc3)cc2)cc1. The van der Waals surface area contributed by atoms with Crippen LogP contribution < -0.4 is 20.2 Å². The number of nitrogens with one attached hydrogen (secondary N) is 2. The van der Waals surface area contributed by atoms with Crippen LogP contribution in [0.15, 0.2) is 77.9 Å². The van der Waals surface area contributed by atoms with Crippen LogP contribution >= 0.6 is 0 Å². The normalized spacial score (nSPS) is 11.1. The van der Waals surface area contributed by atoms with Gasteiger partial charge >= 0.3 is 24.0 Å². The summed E-state index contributed by atoms with van der Waals surface area (Å²) in [5.41, 5.74) is 2.01. The van der Waals surface area contributed by atoms with Gasteiger partial charge in [0.2, 0.25) is 0 Å². The second-order valence-electron chi connectivity index (χ2n) is 6.92. The summed E-state index contributed by atoms with van der Waals surface area (Å²) in [6.07, 6.45) is -3.26. The number of methoxy groups -OCH3 is 1. The topological polar surface area (TPSA) is 106 Å². The first-order valence-corrected chi connectivity index (χ1v) is 9.93. The molecule has 180 valence electrons. The molecule has 3 aromatic rings. The van der Waals surface area contributed by atoms with Gasteiger partial charge in [0.25, 0.3) is 0 Å². The molecule has 0 aromatic heterocycles. The monoisotopic (exact) mass is 485 g/mol. The second-order valence-corrected chi connectivity index (χ2v) is 6.92. The summed E-state index contributed by atoms with van der Waals surface area (Å²) in [6, 6.07) is 16.2. The molecule has 3 aromatic carbocycles. The minimum atomic E-state index is -4.51. The lowest BCUT2D eigenvalue weighted by Gasteiger charge is -2.08. The van der Waals surface area contributed by atoms with E-state index in [1.807, 2.05) is 5.43 Å². The van der Waals surface area contributed by atoms with E-state index >= 15 is 0 Å². The van der Waals surface area contributed by atoms with Crippen molar-refractivity contribution in [2.45, 2.75) is 6.18 Å². The van der Waals surface area contributed by atoms with E-state index in [1.54, 1.807) is 36.4 Å². The molecule has 0 aliphatic heterocycles. The molecule has 0 fully saturated rings. The average Bonchev–Trinajstić information content (AvgIpc) is 2.84. The van der Waals surface area contributed by atoms with Gasteiger partial charge in [0, 0.05) is 5.69 Å². The Bertz CT molecular complexity index is 1220. The van der Waals surface area contributed by atoms with E-state index in [-0.39, 0.29) is 11.4 Å². The Morgan fingerprint density at radius 3 is 2.00 bits per heavy atom. The number of rotatable bonds is 6. The Morgan fingerprint density at radius 2 is 1.43 bits per heavy atom. The molecule has 0 heterocycles. The number of halogens is 3. The van der Waals surface area contributed by atoms with Crippen molar-refractivity contribution < 1.29 is 37.0 Å². The Labute approximate surface area is 197 Å². The molecule has 0 saturated heterocycles. The Kier molecular flexibility index (Phi) is 7.82. The molecule has 3 rings (SSSR count). The minimum Gasteiger partial charge on any atom is -0.497 e. The maximum atomic E-state index is 12.6. The van der Waals surface area contributed by atoms with Gasteiger partial charge in [0.15, 0.2) is 0 Å². The van der Waals surface area contributed by atoms with Crippen LogP contribution in [0.2, 0.25) is 0 Å². The number of benzene rings is 3. The van der Waals surface area contributed by atoms with E-state index in [0.717, 1.165) is 24.3 Å². The lowest BCUT2D eigenvalue weighted by molar-refractivity contribution is -0.137. The molecule has 8 nitrogen and oxygen atoms in total. The van der Waals surface area contributed by atoms with Crippen LogP contribution in [0.5, 0.6) is 11.5 Å². The molecule has 0 aliphatic rings. The Balaban J connectivity index is 1.49. The highest BCUT2D eigenvalue weighted by Gasteiger charge is 2.30. The third-order valence-electron chi connectivity index (χ3n) is 4.47. The van der Waals surface area contributed by atoms with Crippen molar-refractivity contribution in [2.75, 3.05) is 12.4 Å². The number of carbonyl (C=O) groups is 3. The van der Waals surface area contributed by atoms with Crippen molar-refractivity contribution in [1.29, 1.82) is 0 Å². The molecule has 35 heavy (non-hydrogen) atoms. The molecular weight excluding hydrogens is 467 g/mol. The number of alkyl halides is 3. The van der Waals surface area contributed by atoms with Crippen molar-refractivity contribution in [3.63, 3.8) is 0 Å². The molecule has 0 aliphatic carbocycles. The van der Waals surface area contributed by atoms with Crippen LogP contribution in [0.25, 0.3) is 0 Å². The summed E-state index contributed by atoms with van der Waals surface area (Å²) in [7, 11) is 1.52. The zero-order valence-corrected chi connectivity index (χ0v) is 18.1. The lowest BCUT2D eigenvalue weighted by atomic mass is 10.2. The lowest BCUT2D eigenvalue weighted by Crippen LogP contribution is -2.32. The zero-order chi connectivity index (χ0) is 25.4. The molecule has 0 bridgehead atoms. The first-order valence-electron chi connectivity index (χ1n) is 9.93. The molecule has 2 amide bonds. The van der Waals surface area contributed by atoms with E-state index in [9.17, 15) is 27.6 Å². The van der Waals surface area contributed by atoms with Gasteiger partial charge in [-0.2, -0.15) is 18.3 Å². The predicted molar refractivity (Wildman–Crippen MR) is 120 cm³/mol. The summed E-state index contributed by atoms with van der Waals surface area (Å²) in [5.74, 6) is -1.90. The van der Waals surface area contributed by atoms with Gasteiger partial charge in [-0.15, -0.1) is 0 Å². The van der Waals surface area contributed by atoms with Crippen molar-refractivity contribution in [3.05, 3.63) is 89.5 Å². The number of hydrogen-bond donors (Lipinski definition) is 2. The van der Waals surface area contributed by atoms with Crippen LogP contribution in [0.3, 0.4) is 0 Å². The maximum Gasteiger partial charge on any atom is 0.416 e. The van der Waals surface area contributed by atoms with Gasteiger partial charge in [-0.3, -0.25) is 9.59 Å². The zero-order valence-electron chi connectivity index (χ0n) is 18.1. The van der Waals surface area contributed by atoms with Gasteiger partial charge in [-0.25, -0.2) is 10.2 Å². The van der Waals surface area contributed by atoms with Gasteiger partial charge in [-0.1, -0.05) is 0 Å². The van der Waals surface area contributed by atoms with Crippen LogP contribution in [-0.2, 0) is 15.8 Å². The van der Waals surface area contributed by atoms with Crippen molar-refractivity contribution in [3.8, 4) is 11.5 Å². The van der Waals surface area contributed by atoms with Crippen LogP contribution in [0.1, 0.15) is 21.5 Å². The summed E-state index contributed by atoms with van der Waals surface area (Å²) in [4.78, 5) is 35.9. The van der Waals surface area contributed by atoms with Gasteiger partial charge in [-0.05, 0) is 78.4 Å². The van der Waals surface area contributed by atoms with Crippen molar-refractivity contribution >= 4 is 29.7 Å². The number of amides is 2. The number of nitrogens with zero attached hydrogens (tertiary/aromatic N) is 1. The van der Waals surface area contributed by atoms with Gasteiger partial charge in [0.05, 0.1) is 24.5 Å². The van der Waals surface area contributed by atoms with Crippen LogP contribution in [0, 0.1) is 0 Å². The molecule has 0 spiro atoms. The third-order valence-corrected chi connectivity index (χ3v) is 4.47. The molecule has 2 N–H and O–H groups in total. The minimum absolute atomic E-state index is 0.0157. The summed E-state index contributed by atoms with van der Waals surface area (Å²) in [5, 5.41) is 5.82. The van der Waals surface area contributed by atoms with E-state index in [2.05, 4.69) is 10.4 Å². The molecule has 0 saturated carbocycles. The fourth-order valence-corrected chi connectivity index (χ4v) is 2.66. The molecule has 11 heteroatoms. The summed E-state index contributed by atoms with van der Waals surface area (Å²) in [6.45, 7) is 0. The number of anilines is 1. The highest BCUT2D eigenvalue weighted by molar-refractivity contribution is 6.39. The smallest absolute Gasteiger partial charge is 0.416 e. The predicted octanol–water partition coefficient (Wildman–Crippen LogP) is 4.02. The standard InChI is InChI=1S/C24H18F3N3O5/c1-34-19-12-4-16(5-13-19)23(33)35-20-10-2-15(3-11-20)14-28-30-22(32)21(31)29-18-8-6-17(7-9-18)24(25,26)27/h2-14H,1H3,(H,29,31)(H,30,32)/b28-14+. The Hall–Kier alpha value is -4.67. The van der Waals surface area contributed by atoms with Crippen LogP contribution in [-0.4, -0.2) is 31.1 Å². The third kappa shape index (κ3) is 7.16. The quantitative estimate of drug-likeness (QED) is 0.180. The number of esters is 1. The van der Waals surface area contributed by atoms with Crippen LogP contribution in [0.4, 0.5) is 18.9 Å². The first kappa shape index (κ1) is 25.0. The first-order chi connectivity index (χ1) is 16.7. The van der Waals surface area contributed by atoms with E-state index in [0.29, 0.717) is 16.9 Å².